The molecule has 0 fully saturated rings. The normalized spacial score (nSPS) is 11.1. The lowest BCUT2D eigenvalue weighted by Gasteiger charge is -2.08. The van der Waals surface area contributed by atoms with Gasteiger partial charge in [-0.3, -0.25) is 4.79 Å². The van der Waals surface area contributed by atoms with Crippen molar-refractivity contribution in [3.05, 3.63) is 59.7 Å². The number of aryl methyl sites for hydroxylation is 1. The summed E-state index contributed by atoms with van der Waals surface area (Å²) in [5, 5.41) is 2.74. The van der Waals surface area contributed by atoms with Crippen molar-refractivity contribution in [3.8, 4) is 5.75 Å². The predicted octanol–water partition coefficient (Wildman–Crippen LogP) is 2.48. The Labute approximate surface area is 142 Å². The second-order valence-electron chi connectivity index (χ2n) is 5.43. The number of ether oxygens (including phenoxy) is 1. The molecule has 0 bridgehead atoms. The van der Waals surface area contributed by atoms with Gasteiger partial charge in [-0.1, -0.05) is 31.2 Å². The molecule has 2 aromatic rings. The average Bonchev–Trinajstić information content (AvgIpc) is 2.58. The molecule has 0 heterocycles. The van der Waals surface area contributed by atoms with Gasteiger partial charge < -0.3 is 10.1 Å². The van der Waals surface area contributed by atoms with Gasteiger partial charge in [0, 0.05) is 6.54 Å². The molecule has 0 unspecified atom stereocenters. The molecule has 2 rings (SSSR count). The van der Waals surface area contributed by atoms with Crippen LogP contribution in [-0.4, -0.2) is 26.7 Å². The monoisotopic (exact) mass is 347 g/mol. The van der Waals surface area contributed by atoms with E-state index in [1.54, 1.807) is 37.3 Å². The van der Waals surface area contributed by atoms with E-state index in [2.05, 4.69) is 5.32 Å². The van der Waals surface area contributed by atoms with E-state index in [-0.39, 0.29) is 18.3 Å². The first kappa shape index (κ1) is 18.0. The minimum Gasteiger partial charge on any atom is -0.484 e. The number of amides is 1. The summed E-state index contributed by atoms with van der Waals surface area (Å²) in [5.41, 5.74) is 1.89. The number of hydrogen-bond acceptors (Lipinski definition) is 4. The van der Waals surface area contributed by atoms with E-state index in [1.165, 1.54) is 0 Å². The van der Waals surface area contributed by atoms with Gasteiger partial charge in [-0.25, -0.2) is 8.42 Å². The van der Waals surface area contributed by atoms with E-state index in [0.717, 1.165) is 11.1 Å². The minimum atomic E-state index is -3.20. The van der Waals surface area contributed by atoms with Crippen LogP contribution in [0.1, 0.15) is 18.1 Å². The van der Waals surface area contributed by atoms with Crippen LogP contribution in [0.3, 0.4) is 0 Å². The molecule has 1 amide bonds. The van der Waals surface area contributed by atoms with Crippen LogP contribution in [0.2, 0.25) is 0 Å². The molecular formula is C18H21NO4S. The summed E-state index contributed by atoms with van der Waals surface area (Å²) >= 11 is 0. The summed E-state index contributed by atoms with van der Waals surface area (Å²) in [6.45, 7) is 3.82. The van der Waals surface area contributed by atoms with Crippen LogP contribution in [0, 0.1) is 6.92 Å². The molecule has 1 N–H and O–H groups in total. The van der Waals surface area contributed by atoms with Crippen LogP contribution in [-0.2, 0) is 21.2 Å². The van der Waals surface area contributed by atoms with Crippen molar-refractivity contribution >= 4 is 15.7 Å². The fraction of sp³-hybridized carbons (Fsp3) is 0.278. The summed E-state index contributed by atoms with van der Waals surface area (Å²) in [5.74, 6) is 0.486. The Morgan fingerprint density at radius 3 is 2.46 bits per heavy atom. The minimum absolute atomic E-state index is 0.0637. The fourth-order valence-electron chi connectivity index (χ4n) is 2.09. The maximum Gasteiger partial charge on any atom is 0.258 e. The molecule has 5 nitrogen and oxygen atoms in total. The summed E-state index contributed by atoms with van der Waals surface area (Å²) in [4.78, 5) is 12.1. The van der Waals surface area contributed by atoms with Crippen molar-refractivity contribution in [3.63, 3.8) is 0 Å². The van der Waals surface area contributed by atoms with Crippen LogP contribution in [0.4, 0.5) is 0 Å². The molecule has 0 aliphatic rings. The molecule has 0 aromatic heterocycles. The van der Waals surface area contributed by atoms with Crippen molar-refractivity contribution in [1.82, 2.24) is 5.32 Å². The van der Waals surface area contributed by atoms with E-state index in [9.17, 15) is 13.2 Å². The summed E-state index contributed by atoms with van der Waals surface area (Å²) in [7, 11) is -3.20. The third kappa shape index (κ3) is 5.09. The zero-order valence-electron chi connectivity index (χ0n) is 13.8. The second-order valence-corrected chi connectivity index (χ2v) is 7.71. The number of carbonyl (C=O) groups is 1. The average molecular weight is 347 g/mol. The van der Waals surface area contributed by atoms with Gasteiger partial charge in [0.1, 0.15) is 5.75 Å². The molecule has 0 saturated carbocycles. The molecule has 0 spiro atoms. The molecule has 0 aliphatic carbocycles. The molecule has 6 heteroatoms. The van der Waals surface area contributed by atoms with Gasteiger partial charge in [-0.15, -0.1) is 0 Å². The highest BCUT2D eigenvalue weighted by Crippen LogP contribution is 2.13. The maximum atomic E-state index is 11.8. The zero-order chi connectivity index (χ0) is 17.6. The molecule has 0 aliphatic heterocycles. The van der Waals surface area contributed by atoms with Gasteiger partial charge in [-0.05, 0) is 42.3 Å². The first-order valence-electron chi connectivity index (χ1n) is 7.68. The molecule has 128 valence electrons. The molecule has 0 saturated heterocycles. The number of benzene rings is 2. The van der Waals surface area contributed by atoms with E-state index in [0.29, 0.717) is 17.2 Å². The van der Waals surface area contributed by atoms with Crippen LogP contribution < -0.4 is 10.1 Å². The van der Waals surface area contributed by atoms with Gasteiger partial charge in [0.25, 0.3) is 5.91 Å². The van der Waals surface area contributed by atoms with Gasteiger partial charge in [0.2, 0.25) is 0 Å². The van der Waals surface area contributed by atoms with Crippen LogP contribution in [0.5, 0.6) is 5.75 Å². The first-order chi connectivity index (χ1) is 11.4. The predicted molar refractivity (Wildman–Crippen MR) is 92.7 cm³/mol. The van der Waals surface area contributed by atoms with Crippen molar-refractivity contribution in [2.24, 2.45) is 0 Å². The molecule has 2 aromatic carbocycles. The highest BCUT2D eigenvalue weighted by Gasteiger charge is 2.11. The lowest BCUT2D eigenvalue weighted by Crippen LogP contribution is -2.28. The Hall–Kier alpha value is -2.34. The van der Waals surface area contributed by atoms with Crippen molar-refractivity contribution < 1.29 is 17.9 Å². The van der Waals surface area contributed by atoms with Crippen molar-refractivity contribution in [1.29, 1.82) is 0 Å². The van der Waals surface area contributed by atoms with Gasteiger partial charge in [0.15, 0.2) is 16.4 Å². The van der Waals surface area contributed by atoms with E-state index < -0.39 is 9.84 Å². The van der Waals surface area contributed by atoms with Gasteiger partial charge in [-0.2, -0.15) is 0 Å². The highest BCUT2D eigenvalue weighted by atomic mass is 32.2. The Bertz CT molecular complexity index is 798. The maximum absolute atomic E-state index is 11.8. The largest absolute Gasteiger partial charge is 0.484 e. The quantitative estimate of drug-likeness (QED) is 0.835. The summed E-state index contributed by atoms with van der Waals surface area (Å²) < 4.78 is 28.9. The third-order valence-electron chi connectivity index (χ3n) is 3.51. The van der Waals surface area contributed by atoms with E-state index in [4.69, 9.17) is 4.74 Å². The molecular weight excluding hydrogens is 326 g/mol. The molecule has 24 heavy (non-hydrogen) atoms. The smallest absolute Gasteiger partial charge is 0.258 e. The van der Waals surface area contributed by atoms with Crippen molar-refractivity contribution in [2.75, 3.05) is 12.4 Å². The van der Waals surface area contributed by atoms with Gasteiger partial charge >= 0.3 is 0 Å². The first-order valence-corrected chi connectivity index (χ1v) is 9.34. The standard InChI is InChI=1S/C18H21NO4S/c1-3-24(21,22)17-9-7-15(8-10-17)12-19-18(20)13-23-16-6-4-5-14(2)11-16/h4-11H,3,12-13H2,1-2H3,(H,19,20). The van der Waals surface area contributed by atoms with E-state index in [1.807, 2.05) is 25.1 Å². The number of carbonyl (C=O) groups excluding carboxylic acids is 1. The lowest BCUT2D eigenvalue weighted by atomic mass is 10.2. The SMILES string of the molecule is CCS(=O)(=O)c1ccc(CNC(=O)COc2cccc(C)c2)cc1. The highest BCUT2D eigenvalue weighted by molar-refractivity contribution is 7.91. The number of sulfone groups is 1. The van der Waals surface area contributed by atoms with E-state index >= 15 is 0 Å². The number of hydrogen-bond donors (Lipinski definition) is 1. The van der Waals surface area contributed by atoms with Crippen LogP contribution in [0.25, 0.3) is 0 Å². The van der Waals surface area contributed by atoms with Crippen molar-refractivity contribution in [2.45, 2.75) is 25.3 Å². The Morgan fingerprint density at radius 2 is 1.83 bits per heavy atom. The Balaban J connectivity index is 1.83. The second kappa shape index (κ2) is 7.97. The summed E-state index contributed by atoms with van der Waals surface area (Å²) in [6, 6.07) is 14.0. The van der Waals surface area contributed by atoms with Gasteiger partial charge in [0.05, 0.1) is 10.6 Å². The topological polar surface area (TPSA) is 72.5 Å². The Morgan fingerprint density at radius 1 is 1.12 bits per heavy atom. The lowest BCUT2D eigenvalue weighted by molar-refractivity contribution is -0.123. The molecule has 0 atom stereocenters. The summed E-state index contributed by atoms with van der Waals surface area (Å²) in [6.07, 6.45) is 0. The fourth-order valence-corrected chi connectivity index (χ4v) is 2.97. The third-order valence-corrected chi connectivity index (χ3v) is 5.26. The number of rotatable bonds is 7. The molecule has 0 radical (unpaired) electrons. The van der Waals surface area contributed by atoms with Crippen LogP contribution >= 0.6 is 0 Å². The van der Waals surface area contributed by atoms with Crippen LogP contribution in [0.15, 0.2) is 53.4 Å². The number of nitrogens with one attached hydrogen (secondary N) is 1. The zero-order valence-corrected chi connectivity index (χ0v) is 14.6. The Kier molecular flexibility index (Phi) is 5.98.